The average molecular weight is 223 g/mol. The van der Waals surface area contributed by atoms with Gasteiger partial charge in [-0.15, -0.1) is 0 Å². The summed E-state index contributed by atoms with van der Waals surface area (Å²) in [7, 11) is -1.57. The Bertz CT molecular complexity index is 410. The third kappa shape index (κ3) is 2.50. The molecule has 0 heterocycles. The summed E-state index contributed by atoms with van der Waals surface area (Å²) in [6.45, 7) is 6.31. The van der Waals surface area contributed by atoms with Gasteiger partial charge in [-0.1, -0.05) is 30.9 Å². The molecule has 0 amide bonds. The Morgan fingerprint density at radius 2 is 1.93 bits per heavy atom. The monoisotopic (exact) mass is 223 g/mol. The number of hydrogen-bond donors (Lipinski definition) is 0. The van der Waals surface area contributed by atoms with Crippen LogP contribution in [-0.4, -0.2) is 19.3 Å². The van der Waals surface area contributed by atoms with Crippen molar-refractivity contribution in [1.82, 2.24) is 0 Å². The molecule has 0 spiro atoms. The van der Waals surface area contributed by atoms with Gasteiger partial charge in [0.25, 0.3) is 5.69 Å². The number of rotatable bonds is 3. The fourth-order valence-electron chi connectivity index (χ4n) is 1.27. The minimum atomic E-state index is -1.57. The van der Waals surface area contributed by atoms with Gasteiger partial charge in [-0.2, -0.15) is 0 Å². The smallest absolute Gasteiger partial charge is 0.279 e. The number of nitro benzene ring substituents is 1. The molecule has 0 saturated heterocycles. The fraction of sp³-hybridized carbons (Fsp3) is 0.300. The van der Waals surface area contributed by atoms with Gasteiger partial charge in [0.2, 0.25) is 0 Å². The third-order valence-electron chi connectivity index (χ3n) is 2.22. The molecule has 1 aromatic rings. The molecule has 0 aliphatic rings. The molecule has 0 aliphatic carbocycles. The summed E-state index contributed by atoms with van der Waals surface area (Å²) in [5.74, 6) is 0. The van der Waals surface area contributed by atoms with Gasteiger partial charge in [-0.25, -0.2) is 0 Å². The van der Waals surface area contributed by atoms with Crippen LogP contribution in [0.15, 0.2) is 18.2 Å². The molecule has 1 aromatic carbocycles. The van der Waals surface area contributed by atoms with Gasteiger partial charge < -0.3 is 0 Å². The van der Waals surface area contributed by atoms with Crippen LogP contribution in [0.1, 0.15) is 10.4 Å². The average Bonchev–Trinajstić information content (AvgIpc) is 2.15. The Morgan fingerprint density at radius 3 is 2.33 bits per heavy atom. The van der Waals surface area contributed by atoms with Gasteiger partial charge >= 0.3 is 0 Å². The highest BCUT2D eigenvalue weighted by Gasteiger charge is 2.21. The summed E-state index contributed by atoms with van der Waals surface area (Å²) in [5, 5.41) is 11.7. The summed E-state index contributed by atoms with van der Waals surface area (Å²) in [5.41, 5.74) is 0.0481. The van der Waals surface area contributed by atoms with E-state index in [-0.39, 0.29) is 11.3 Å². The van der Waals surface area contributed by atoms with E-state index in [1.807, 2.05) is 6.07 Å². The molecule has 0 fully saturated rings. The van der Waals surface area contributed by atoms with E-state index in [1.165, 1.54) is 12.1 Å². The van der Waals surface area contributed by atoms with Crippen LogP contribution in [0.3, 0.4) is 0 Å². The van der Waals surface area contributed by atoms with Gasteiger partial charge in [-0.3, -0.25) is 14.9 Å². The lowest BCUT2D eigenvalue weighted by Crippen LogP contribution is -2.37. The maximum absolute atomic E-state index is 10.7. The number of nitro groups is 1. The summed E-state index contributed by atoms with van der Waals surface area (Å²) in [4.78, 5) is 20.8. The maximum atomic E-state index is 10.7. The van der Waals surface area contributed by atoms with Crippen LogP contribution in [0.25, 0.3) is 0 Å². The van der Waals surface area contributed by atoms with E-state index >= 15 is 0 Å². The van der Waals surface area contributed by atoms with Crippen molar-refractivity contribution in [2.75, 3.05) is 0 Å². The maximum Gasteiger partial charge on any atom is 0.279 e. The topological polar surface area (TPSA) is 60.2 Å². The lowest BCUT2D eigenvalue weighted by Gasteiger charge is -2.16. The zero-order valence-corrected chi connectivity index (χ0v) is 9.98. The Balaban J connectivity index is 3.35. The minimum absolute atomic E-state index is 0.0927. The van der Waals surface area contributed by atoms with E-state index in [0.717, 1.165) is 5.19 Å². The van der Waals surface area contributed by atoms with Crippen molar-refractivity contribution in [2.45, 2.75) is 19.6 Å². The molecule has 0 aromatic heterocycles. The molecule has 0 bridgehead atoms. The second-order valence-corrected chi connectivity index (χ2v) is 9.48. The van der Waals surface area contributed by atoms with E-state index in [2.05, 4.69) is 19.6 Å². The SMILES string of the molecule is C[Si](C)(C)c1ccc(C=O)c([N+](=O)[O-])c1. The number of carbonyl (C=O) groups excluding carboxylic acids is 1. The van der Waals surface area contributed by atoms with Crippen molar-refractivity contribution < 1.29 is 9.72 Å². The first kappa shape index (κ1) is 11.6. The third-order valence-corrected chi connectivity index (χ3v) is 4.26. The van der Waals surface area contributed by atoms with Crippen LogP contribution in [0.2, 0.25) is 19.6 Å². The van der Waals surface area contributed by atoms with Crippen molar-refractivity contribution in [1.29, 1.82) is 0 Å². The van der Waals surface area contributed by atoms with Crippen LogP contribution >= 0.6 is 0 Å². The van der Waals surface area contributed by atoms with E-state index in [1.54, 1.807) is 0 Å². The zero-order valence-electron chi connectivity index (χ0n) is 8.98. The quantitative estimate of drug-likeness (QED) is 0.340. The van der Waals surface area contributed by atoms with Gasteiger partial charge in [0.15, 0.2) is 6.29 Å². The van der Waals surface area contributed by atoms with E-state index in [4.69, 9.17) is 0 Å². The molecule has 0 unspecified atom stereocenters. The highest BCUT2D eigenvalue weighted by molar-refractivity contribution is 6.88. The molecule has 0 radical (unpaired) electrons. The molecule has 0 atom stereocenters. The minimum Gasteiger partial charge on any atom is -0.298 e. The molecule has 80 valence electrons. The molecule has 0 N–H and O–H groups in total. The number of nitrogens with zero attached hydrogens (tertiary/aromatic N) is 1. The van der Waals surface area contributed by atoms with Gasteiger partial charge in [0.05, 0.1) is 18.6 Å². The van der Waals surface area contributed by atoms with E-state index in [0.29, 0.717) is 6.29 Å². The van der Waals surface area contributed by atoms with Crippen LogP contribution < -0.4 is 5.19 Å². The lowest BCUT2D eigenvalue weighted by atomic mass is 10.2. The van der Waals surface area contributed by atoms with E-state index in [9.17, 15) is 14.9 Å². The largest absolute Gasteiger partial charge is 0.298 e. The first-order chi connectivity index (χ1) is 6.86. The first-order valence-electron chi connectivity index (χ1n) is 4.60. The Hall–Kier alpha value is -1.49. The molecule has 15 heavy (non-hydrogen) atoms. The number of benzene rings is 1. The highest BCUT2D eigenvalue weighted by Crippen LogP contribution is 2.16. The summed E-state index contributed by atoms with van der Waals surface area (Å²) >= 11 is 0. The predicted molar refractivity (Wildman–Crippen MR) is 61.5 cm³/mol. The normalized spacial score (nSPS) is 11.1. The molecular weight excluding hydrogens is 210 g/mol. The number of carbonyl (C=O) groups is 1. The second-order valence-electron chi connectivity index (χ2n) is 4.40. The van der Waals surface area contributed by atoms with Gasteiger partial charge in [0.1, 0.15) is 0 Å². The molecule has 4 nitrogen and oxygen atoms in total. The van der Waals surface area contributed by atoms with Crippen molar-refractivity contribution in [3.63, 3.8) is 0 Å². The molecule has 5 heteroatoms. The van der Waals surface area contributed by atoms with Gasteiger partial charge in [-0.05, 0) is 6.07 Å². The summed E-state index contributed by atoms with van der Waals surface area (Å²) in [6, 6.07) is 4.86. The fourth-order valence-corrected chi connectivity index (χ4v) is 2.42. The van der Waals surface area contributed by atoms with Crippen molar-refractivity contribution in [3.8, 4) is 0 Å². The zero-order chi connectivity index (χ0) is 11.6. The lowest BCUT2D eigenvalue weighted by molar-refractivity contribution is -0.385. The molecule has 0 saturated carbocycles. The molecular formula is C10H13NO3Si. The van der Waals surface area contributed by atoms with Crippen LogP contribution in [0.5, 0.6) is 0 Å². The van der Waals surface area contributed by atoms with Crippen LogP contribution in [-0.2, 0) is 0 Å². The van der Waals surface area contributed by atoms with Crippen LogP contribution in [0.4, 0.5) is 5.69 Å². The second kappa shape index (κ2) is 3.94. The molecule has 1 rings (SSSR count). The standard InChI is InChI=1S/C10H13NO3Si/c1-15(2,3)9-5-4-8(7-12)10(6-9)11(13)14/h4-7H,1-3H3. The van der Waals surface area contributed by atoms with Crippen molar-refractivity contribution in [3.05, 3.63) is 33.9 Å². The summed E-state index contributed by atoms with van der Waals surface area (Å²) in [6.07, 6.45) is 0.520. The number of aldehydes is 1. The van der Waals surface area contributed by atoms with Gasteiger partial charge in [0, 0.05) is 6.07 Å². The van der Waals surface area contributed by atoms with Crippen LogP contribution in [0, 0.1) is 10.1 Å². The van der Waals surface area contributed by atoms with E-state index < -0.39 is 13.0 Å². The predicted octanol–water partition coefficient (Wildman–Crippen LogP) is 1.95. The Morgan fingerprint density at radius 1 is 1.33 bits per heavy atom. The highest BCUT2D eigenvalue weighted by atomic mass is 28.3. The number of hydrogen-bond acceptors (Lipinski definition) is 3. The molecule has 0 aliphatic heterocycles. The van der Waals surface area contributed by atoms with Crippen molar-refractivity contribution in [2.24, 2.45) is 0 Å². The summed E-state index contributed by atoms with van der Waals surface area (Å²) < 4.78 is 0. The van der Waals surface area contributed by atoms with Crippen molar-refractivity contribution >= 4 is 25.2 Å². The Kier molecular flexibility index (Phi) is 3.04. The Labute approximate surface area is 89.1 Å². The first-order valence-corrected chi connectivity index (χ1v) is 8.10.